The van der Waals surface area contributed by atoms with Crippen molar-refractivity contribution in [3.63, 3.8) is 0 Å². The minimum atomic E-state index is -0.215. The number of aromatic nitrogens is 3. The SMILES string of the molecule is COCCNc1nc(C2(c3ccccc3)CCN(C(=O)c3c(C)ncnc3C)CC2)cs1. The number of hydrogen-bond donors (Lipinski definition) is 1. The van der Waals surface area contributed by atoms with Gasteiger partial charge in [-0.05, 0) is 32.3 Å². The van der Waals surface area contributed by atoms with Crippen LogP contribution in [0.4, 0.5) is 5.13 Å². The summed E-state index contributed by atoms with van der Waals surface area (Å²) in [4.78, 5) is 28.6. The van der Waals surface area contributed by atoms with E-state index in [9.17, 15) is 4.79 Å². The lowest BCUT2D eigenvalue weighted by molar-refractivity contribution is 0.0681. The summed E-state index contributed by atoms with van der Waals surface area (Å²) in [5.74, 6) is 0.0162. The molecule has 32 heavy (non-hydrogen) atoms. The first kappa shape index (κ1) is 22.4. The molecule has 1 aliphatic rings. The molecule has 4 rings (SSSR count). The van der Waals surface area contributed by atoms with Gasteiger partial charge in [-0.15, -0.1) is 11.3 Å². The summed E-state index contributed by atoms with van der Waals surface area (Å²) < 4.78 is 5.13. The minimum Gasteiger partial charge on any atom is -0.383 e. The number of ether oxygens (including phenoxy) is 1. The van der Waals surface area contributed by atoms with E-state index in [1.54, 1.807) is 18.4 Å². The van der Waals surface area contributed by atoms with E-state index in [1.807, 2.05) is 24.8 Å². The number of thiazole rings is 1. The molecule has 1 amide bonds. The molecule has 1 saturated heterocycles. The topological polar surface area (TPSA) is 80.2 Å². The van der Waals surface area contributed by atoms with E-state index in [0.29, 0.717) is 25.3 Å². The Bertz CT molecular complexity index is 1040. The molecule has 0 spiro atoms. The summed E-state index contributed by atoms with van der Waals surface area (Å²) in [5.41, 5.74) is 4.18. The van der Waals surface area contributed by atoms with Crippen molar-refractivity contribution in [1.29, 1.82) is 0 Å². The molecule has 0 bridgehead atoms. The molecule has 3 heterocycles. The van der Waals surface area contributed by atoms with Crippen LogP contribution in [0.3, 0.4) is 0 Å². The Morgan fingerprint density at radius 1 is 1.16 bits per heavy atom. The maximum atomic E-state index is 13.3. The van der Waals surface area contributed by atoms with Gasteiger partial charge in [-0.3, -0.25) is 4.79 Å². The second-order valence-electron chi connectivity index (χ2n) is 8.12. The van der Waals surface area contributed by atoms with Crippen molar-refractivity contribution in [2.75, 3.05) is 38.7 Å². The van der Waals surface area contributed by atoms with Gasteiger partial charge in [0.2, 0.25) is 0 Å². The molecule has 0 radical (unpaired) electrons. The third-order valence-corrected chi connectivity index (χ3v) is 7.05. The zero-order valence-electron chi connectivity index (χ0n) is 18.8. The Kier molecular flexibility index (Phi) is 6.81. The van der Waals surface area contributed by atoms with E-state index >= 15 is 0 Å². The van der Waals surface area contributed by atoms with Gasteiger partial charge in [0.05, 0.1) is 29.3 Å². The molecular formula is C24H29N5O2S. The standard InChI is InChI=1S/C24H29N5O2S/c1-17-21(18(2)27-16-26-17)22(30)29-12-9-24(10-13-29,19-7-5-4-6-8-19)20-15-32-23(28-20)25-11-14-31-3/h4-8,15-16H,9-14H2,1-3H3,(H,25,28). The van der Waals surface area contributed by atoms with Gasteiger partial charge in [0, 0.05) is 37.5 Å². The highest BCUT2D eigenvalue weighted by Gasteiger charge is 2.41. The summed E-state index contributed by atoms with van der Waals surface area (Å²) >= 11 is 1.62. The quantitative estimate of drug-likeness (QED) is 0.550. The van der Waals surface area contributed by atoms with Crippen LogP contribution >= 0.6 is 11.3 Å². The maximum absolute atomic E-state index is 13.3. The third kappa shape index (κ3) is 4.38. The highest BCUT2D eigenvalue weighted by atomic mass is 32.1. The summed E-state index contributed by atoms with van der Waals surface area (Å²) in [6.07, 6.45) is 3.14. The van der Waals surface area contributed by atoms with Crippen LogP contribution in [-0.4, -0.2) is 59.1 Å². The molecule has 8 heteroatoms. The number of carbonyl (C=O) groups excluding carboxylic acids is 1. The summed E-state index contributed by atoms with van der Waals surface area (Å²) in [6, 6.07) is 10.5. The van der Waals surface area contributed by atoms with Crippen LogP contribution in [0, 0.1) is 13.8 Å². The number of rotatable bonds is 7. The van der Waals surface area contributed by atoms with Gasteiger partial charge in [-0.25, -0.2) is 15.0 Å². The van der Waals surface area contributed by atoms with Crippen LogP contribution in [0.2, 0.25) is 0 Å². The second-order valence-corrected chi connectivity index (χ2v) is 8.98. The zero-order valence-corrected chi connectivity index (χ0v) is 19.6. The fourth-order valence-corrected chi connectivity index (χ4v) is 5.27. The van der Waals surface area contributed by atoms with Gasteiger partial charge in [0.15, 0.2) is 5.13 Å². The zero-order chi connectivity index (χ0) is 22.6. The monoisotopic (exact) mass is 451 g/mol. The first-order valence-electron chi connectivity index (χ1n) is 10.9. The maximum Gasteiger partial charge on any atom is 0.257 e. The highest BCUT2D eigenvalue weighted by molar-refractivity contribution is 7.13. The number of aryl methyl sites for hydroxylation is 2. The van der Waals surface area contributed by atoms with Crippen molar-refractivity contribution in [3.8, 4) is 0 Å². The van der Waals surface area contributed by atoms with E-state index in [2.05, 4.69) is 44.9 Å². The van der Waals surface area contributed by atoms with E-state index in [4.69, 9.17) is 9.72 Å². The minimum absolute atomic E-state index is 0.0162. The number of piperidine rings is 1. The summed E-state index contributed by atoms with van der Waals surface area (Å²) in [7, 11) is 1.69. The van der Waals surface area contributed by atoms with Gasteiger partial charge < -0.3 is 15.0 Å². The van der Waals surface area contributed by atoms with Crippen molar-refractivity contribution >= 4 is 22.4 Å². The average molecular weight is 452 g/mol. The number of nitrogens with zero attached hydrogens (tertiary/aromatic N) is 4. The van der Waals surface area contributed by atoms with E-state index < -0.39 is 0 Å². The molecule has 0 saturated carbocycles. The van der Waals surface area contributed by atoms with Gasteiger partial charge in [-0.1, -0.05) is 30.3 Å². The lowest BCUT2D eigenvalue weighted by atomic mass is 9.70. The molecular weight excluding hydrogens is 422 g/mol. The van der Waals surface area contributed by atoms with Crippen LogP contribution < -0.4 is 5.32 Å². The molecule has 3 aromatic rings. The van der Waals surface area contributed by atoms with Crippen LogP contribution in [0.25, 0.3) is 0 Å². The number of carbonyl (C=O) groups is 1. The third-order valence-electron chi connectivity index (χ3n) is 6.25. The molecule has 0 unspecified atom stereocenters. The molecule has 1 fully saturated rings. The molecule has 2 aromatic heterocycles. The lowest BCUT2D eigenvalue weighted by Crippen LogP contribution is -2.46. The second kappa shape index (κ2) is 9.75. The Hall–Kier alpha value is -2.84. The fraction of sp³-hybridized carbons (Fsp3) is 0.417. The van der Waals surface area contributed by atoms with Crippen molar-refractivity contribution in [2.45, 2.75) is 32.1 Å². The van der Waals surface area contributed by atoms with Crippen molar-refractivity contribution in [3.05, 3.63) is 70.2 Å². The lowest BCUT2D eigenvalue weighted by Gasteiger charge is -2.41. The molecule has 7 nitrogen and oxygen atoms in total. The summed E-state index contributed by atoms with van der Waals surface area (Å²) in [5, 5.41) is 6.39. The molecule has 1 N–H and O–H groups in total. The van der Waals surface area contributed by atoms with Gasteiger partial charge in [0.1, 0.15) is 6.33 Å². The Balaban J connectivity index is 1.58. The molecule has 0 aliphatic carbocycles. The molecule has 1 aromatic carbocycles. The predicted octanol–water partition coefficient (Wildman–Crippen LogP) is 3.83. The van der Waals surface area contributed by atoms with Gasteiger partial charge in [-0.2, -0.15) is 0 Å². The number of methoxy groups -OCH3 is 1. The largest absolute Gasteiger partial charge is 0.383 e. The number of amides is 1. The number of hydrogen-bond acceptors (Lipinski definition) is 7. The van der Waals surface area contributed by atoms with E-state index in [-0.39, 0.29) is 11.3 Å². The van der Waals surface area contributed by atoms with Gasteiger partial charge in [0.25, 0.3) is 5.91 Å². The molecule has 0 atom stereocenters. The van der Waals surface area contributed by atoms with Crippen LogP contribution in [0.1, 0.15) is 45.8 Å². The number of benzene rings is 1. The van der Waals surface area contributed by atoms with Crippen molar-refractivity contribution < 1.29 is 9.53 Å². The predicted molar refractivity (Wildman–Crippen MR) is 126 cm³/mol. The first-order chi connectivity index (χ1) is 15.5. The number of likely N-dealkylation sites (tertiary alicyclic amines) is 1. The average Bonchev–Trinajstić information content (AvgIpc) is 3.29. The number of nitrogens with one attached hydrogen (secondary N) is 1. The van der Waals surface area contributed by atoms with Crippen molar-refractivity contribution in [2.24, 2.45) is 0 Å². The molecule has 168 valence electrons. The smallest absolute Gasteiger partial charge is 0.257 e. The first-order valence-corrected chi connectivity index (χ1v) is 11.7. The van der Waals surface area contributed by atoms with Crippen LogP contribution in [0.15, 0.2) is 42.0 Å². The highest BCUT2D eigenvalue weighted by Crippen LogP contribution is 2.43. The van der Waals surface area contributed by atoms with E-state index in [1.165, 1.54) is 11.9 Å². The van der Waals surface area contributed by atoms with Crippen LogP contribution in [0.5, 0.6) is 0 Å². The van der Waals surface area contributed by atoms with Gasteiger partial charge >= 0.3 is 0 Å². The normalized spacial score (nSPS) is 15.5. The van der Waals surface area contributed by atoms with Crippen LogP contribution in [-0.2, 0) is 10.2 Å². The van der Waals surface area contributed by atoms with Crippen molar-refractivity contribution in [1.82, 2.24) is 19.9 Å². The number of anilines is 1. The fourth-order valence-electron chi connectivity index (χ4n) is 4.44. The Morgan fingerprint density at radius 3 is 2.50 bits per heavy atom. The Labute approximate surface area is 192 Å². The Morgan fingerprint density at radius 2 is 1.84 bits per heavy atom. The van der Waals surface area contributed by atoms with E-state index in [0.717, 1.165) is 41.6 Å². The molecule has 1 aliphatic heterocycles. The summed E-state index contributed by atoms with van der Waals surface area (Å²) in [6.45, 7) is 6.41.